The fourth-order valence-corrected chi connectivity index (χ4v) is 2.73. The topological polar surface area (TPSA) is 118 Å². The smallest absolute Gasteiger partial charge is 0.313 e. The summed E-state index contributed by atoms with van der Waals surface area (Å²) in [4.78, 5) is 23.7. The van der Waals surface area contributed by atoms with Crippen LogP contribution in [0.4, 0.5) is 5.69 Å². The Hall–Kier alpha value is -2.23. The Bertz CT molecular complexity index is 911. The van der Waals surface area contributed by atoms with E-state index < -0.39 is 21.8 Å². The van der Waals surface area contributed by atoms with Crippen LogP contribution in [0.5, 0.6) is 0 Å². The Morgan fingerprint density at radius 2 is 1.72 bits per heavy atom. The fourth-order valence-electron chi connectivity index (χ4n) is 1.97. The summed E-state index contributed by atoms with van der Waals surface area (Å²) >= 11 is 3.36. The zero-order valence-corrected chi connectivity index (χ0v) is 15.6. The number of hydrogen-bond acceptors (Lipinski definition) is 4. The maximum Gasteiger partial charge on any atom is 0.313 e. The summed E-state index contributed by atoms with van der Waals surface area (Å²) in [5.74, 6) is -1.58. The average molecular weight is 426 g/mol. The van der Waals surface area contributed by atoms with Crippen LogP contribution in [0.15, 0.2) is 51.8 Å². The molecule has 2 amide bonds. The molecule has 0 aromatic heterocycles. The predicted octanol–water partition coefficient (Wildman–Crippen LogP) is 1.66. The van der Waals surface area contributed by atoms with Gasteiger partial charge in [-0.2, -0.15) is 0 Å². The summed E-state index contributed by atoms with van der Waals surface area (Å²) in [5, 5.41) is 9.98. The molecule has 9 heteroatoms. The summed E-state index contributed by atoms with van der Waals surface area (Å²) < 4.78 is 23.2. The van der Waals surface area contributed by atoms with Crippen LogP contribution in [0.2, 0.25) is 0 Å². The van der Waals surface area contributed by atoms with E-state index in [1.165, 1.54) is 24.3 Å². The molecule has 2 aromatic rings. The molecule has 0 unspecified atom stereocenters. The molecule has 25 heavy (non-hydrogen) atoms. The highest BCUT2D eigenvalue weighted by Gasteiger charge is 2.14. The van der Waals surface area contributed by atoms with Crippen LogP contribution >= 0.6 is 15.9 Å². The molecule has 0 saturated heterocycles. The van der Waals surface area contributed by atoms with E-state index in [1.54, 1.807) is 18.2 Å². The summed E-state index contributed by atoms with van der Waals surface area (Å²) in [6.07, 6.45) is 0. The van der Waals surface area contributed by atoms with Crippen molar-refractivity contribution in [2.75, 3.05) is 5.32 Å². The van der Waals surface area contributed by atoms with E-state index in [9.17, 15) is 18.0 Å². The molecular formula is C16H16BrN3O4S. The molecule has 0 aliphatic heterocycles. The minimum atomic E-state index is -3.76. The molecule has 0 bridgehead atoms. The van der Waals surface area contributed by atoms with Crippen LogP contribution < -0.4 is 15.8 Å². The second-order valence-electron chi connectivity index (χ2n) is 5.29. The standard InChI is InChI=1S/C16H16BrN3O4S/c1-10-8-12(4-7-14(10)17)20-16(22)15(21)19-9-11-2-5-13(6-3-11)25(18,23)24/h2-8H,9H2,1H3,(H,19,21)(H,20,22)(H2,18,23,24). The Kier molecular flexibility index (Phi) is 5.93. The number of amides is 2. The first-order chi connectivity index (χ1) is 11.7. The molecule has 0 radical (unpaired) electrons. The van der Waals surface area contributed by atoms with Crippen molar-refractivity contribution in [3.8, 4) is 0 Å². The Morgan fingerprint density at radius 3 is 2.28 bits per heavy atom. The number of aryl methyl sites for hydroxylation is 1. The van der Waals surface area contributed by atoms with Crippen molar-refractivity contribution in [1.82, 2.24) is 5.32 Å². The molecular weight excluding hydrogens is 410 g/mol. The van der Waals surface area contributed by atoms with Crippen LogP contribution in [0.1, 0.15) is 11.1 Å². The lowest BCUT2D eigenvalue weighted by Gasteiger charge is -2.08. The third kappa shape index (κ3) is 5.38. The van der Waals surface area contributed by atoms with Gasteiger partial charge in [-0.05, 0) is 48.4 Å². The van der Waals surface area contributed by atoms with Gasteiger partial charge in [0.25, 0.3) is 0 Å². The molecule has 0 spiro atoms. The molecule has 0 aliphatic carbocycles. The molecule has 132 valence electrons. The van der Waals surface area contributed by atoms with E-state index in [2.05, 4.69) is 26.6 Å². The van der Waals surface area contributed by atoms with Crippen molar-refractivity contribution in [2.24, 2.45) is 5.14 Å². The number of halogens is 1. The maximum atomic E-state index is 11.9. The number of sulfonamides is 1. The van der Waals surface area contributed by atoms with E-state index in [0.29, 0.717) is 11.3 Å². The zero-order valence-electron chi connectivity index (χ0n) is 13.2. The molecule has 0 heterocycles. The summed E-state index contributed by atoms with van der Waals surface area (Å²) in [6.45, 7) is 1.95. The quantitative estimate of drug-likeness (QED) is 0.645. The fraction of sp³-hybridized carbons (Fsp3) is 0.125. The van der Waals surface area contributed by atoms with Gasteiger partial charge in [-0.3, -0.25) is 9.59 Å². The number of nitrogens with one attached hydrogen (secondary N) is 2. The number of carbonyl (C=O) groups excluding carboxylic acids is 2. The number of hydrogen-bond donors (Lipinski definition) is 3. The second-order valence-corrected chi connectivity index (χ2v) is 7.71. The van der Waals surface area contributed by atoms with Gasteiger partial charge in [-0.1, -0.05) is 28.1 Å². The van der Waals surface area contributed by atoms with Crippen molar-refractivity contribution >= 4 is 43.5 Å². The first-order valence-electron chi connectivity index (χ1n) is 7.14. The van der Waals surface area contributed by atoms with Gasteiger partial charge in [0.2, 0.25) is 10.0 Å². The Morgan fingerprint density at radius 1 is 1.08 bits per heavy atom. The summed E-state index contributed by atoms with van der Waals surface area (Å²) in [6, 6.07) is 10.9. The minimum absolute atomic E-state index is 0.0223. The molecule has 7 nitrogen and oxygen atoms in total. The highest BCUT2D eigenvalue weighted by atomic mass is 79.9. The summed E-state index contributed by atoms with van der Waals surface area (Å²) in [5.41, 5.74) is 2.07. The third-order valence-electron chi connectivity index (χ3n) is 3.33. The van der Waals surface area contributed by atoms with Crippen molar-refractivity contribution < 1.29 is 18.0 Å². The van der Waals surface area contributed by atoms with E-state index in [4.69, 9.17) is 5.14 Å². The van der Waals surface area contributed by atoms with Crippen molar-refractivity contribution in [3.63, 3.8) is 0 Å². The number of benzene rings is 2. The highest BCUT2D eigenvalue weighted by molar-refractivity contribution is 9.10. The van der Waals surface area contributed by atoms with Crippen LogP contribution in [-0.4, -0.2) is 20.2 Å². The second kappa shape index (κ2) is 7.77. The normalized spacial score (nSPS) is 11.0. The molecule has 0 atom stereocenters. The van der Waals surface area contributed by atoms with Crippen molar-refractivity contribution in [3.05, 3.63) is 58.1 Å². The van der Waals surface area contributed by atoms with Crippen molar-refractivity contribution in [1.29, 1.82) is 0 Å². The lowest BCUT2D eigenvalue weighted by molar-refractivity contribution is -0.136. The number of carbonyl (C=O) groups is 2. The Labute approximate surface area is 153 Å². The molecule has 4 N–H and O–H groups in total. The van der Waals surface area contributed by atoms with Crippen LogP contribution in [-0.2, 0) is 26.2 Å². The summed E-state index contributed by atoms with van der Waals surface area (Å²) in [7, 11) is -3.76. The lowest BCUT2D eigenvalue weighted by Crippen LogP contribution is -2.35. The van der Waals surface area contributed by atoms with Crippen LogP contribution in [0.25, 0.3) is 0 Å². The van der Waals surface area contributed by atoms with Gasteiger partial charge in [0.15, 0.2) is 0 Å². The van der Waals surface area contributed by atoms with Gasteiger partial charge in [-0.25, -0.2) is 13.6 Å². The van der Waals surface area contributed by atoms with E-state index in [-0.39, 0.29) is 11.4 Å². The average Bonchev–Trinajstić information content (AvgIpc) is 2.55. The van der Waals surface area contributed by atoms with E-state index in [1.807, 2.05) is 6.92 Å². The molecule has 0 saturated carbocycles. The number of primary sulfonamides is 1. The molecule has 0 aliphatic rings. The highest BCUT2D eigenvalue weighted by Crippen LogP contribution is 2.19. The molecule has 0 fully saturated rings. The number of anilines is 1. The van der Waals surface area contributed by atoms with Gasteiger partial charge in [-0.15, -0.1) is 0 Å². The number of nitrogens with two attached hydrogens (primary N) is 1. The van der Waals surface area contributed by atoms with Crippen LogP contribution in [0, 0.1) is 6.92 Å². The van der Waals surface area contributed by atoms with Gasteiger partial charge in [0, 0.05) is 16.7 Å². The molecule has 2 rings (SSSR count). The van der Waals surface area contributed by atoms with Gasteiger partial charge >= 0.3 is 11.8 Å². The SMILES string of the molecule is Cc1cc(NC(=O)C(=O)NCc2ccc(S(N)(=O)=O)cc2)ccc1Br. The van der Waals surface area contributed by atoms with E-state index in [0.717, 1.165) is 10.0 Å². The minimum Gasteiger partial charge on any atom is -0.344 e. The first-order valence-corrected chi connectivity index (χ1v) is 9.48. The Balaban J connectivity index is 1.93. The van der Waals surface area contributed by atoms with Gasteiger partial charge < -0.3 is 10.6 Å². The van der Waals surface area contributed by atoms with Gasteiger partial charge in [0.1, 0.15) is 0 Å². The van der Waals surface area contributed by atoms with Crippen LogP contribution in [0.3, 0.4) is 0 Å². The lowest BCUT2D eigenvalue weighted by atomic mass is 10.2. The molecule has 2 aromatic carbocycles. The van der Waals surface area contributed by atoms with E-state index >= 15 is 0 Å². The monoisotopic (exact) mass is 425 g/mol. The van der Waals surface area contributed by atoms with Crippen molar-refractivity contribution in [2.45, 2.75) is 18.4 Å². The largest absolute Gasteiger partial charge is 0.344 e. The maximum absolute atomic E-state index is 11.9. The van der Waals surface area contributed by atoms with Gasteiger partial charge in [0.05, 0.1) is 4.90 Å². The third-order valence-corrected chi connectivity index (χ3v) is 5.15. The first kappa shape index (κ1) is 19.1. The number of rotatable bonds is 4. The predicted molar refractivity (Wildman–Crippen MR) is 97.2 cm³/mol. The zero-order chi connectivity index (χ0) is 18.6.